The smallest absolute Gasteiger partial charge is 0.162 e. The Labute approximate surface area is 91.9 Å². The second-order valence-electron chi connectivity index (χ2n) is 6.32. The Morgan fingerprint density at radius 1 is 1.20 bits per heavy atom. The molecule has 0 saturated heterocycles. The van der Waals surface area contributed by atoms with Gasteiger partial charge < -0.3 is 0 Å². The zero-order chi connectivity index (χ0) is 10.8. The summed E-state index contributed by atoms with van der Waals surface area (Å²) in [5.41, 5.74) is 3.30. The maximum Gasteiger partial charge on any atom is 0.162 e. The molecule has 0 heterocycles. The Morgan fingerprint density at radius 2 is 1.93 bits per heavy atom. The topological polar surface area (TPSA) is 17.1 Å². The molecule has 0 amide bonds. The first kappa shape index (κ1) is 9.62. The molecule has 2 unspecified atom stereocenters. The van der Waals surface area contributed by atoms with Crippen molar-refractivity contribution in [1.29, 1.82) is 0 Å². The van der Waals surface area contributed by atoms with Crippen molar-refractivity contribution in [1.82, 2.24) is 0 Å². The predicted molar refractivity (Wildman–Crippen MR) is 60.5 cm³/mol. The van der Waals surface area contributed by atoms with Crippen molar-refractivity contribution in [3.63, 3.8) is 0 Å². The van der Waals surface area contributed by atoms with Crippen LogP contribution in [0, 0.1) is 16.7 Å². The summed E-state index contributed by atoms with van der Waals surface area (Å²) in [5, 5.41) is 0. The van der Waals surface area contributed by atoms with Crippen molar-refractivity contribution in [2.45, 2.75) is 52.9 Å². The van der Waals surface area contributed by atoms with Crippen molar-refractivity contribution in [3.8, 4) is 0 Å². The molecular weight excluding hydrogens is 184 g/mol. The van der Waals surface area contributed by atoms with E-state index < -0.39 is 0 Å². The van der Waals surface area contributed by atoms with Crippen LogP contribution in [0.1, 0.15) is 52.9 Å². The highest BCUT2D eigenvalue weighted by atomic mass is 16.1. The van der Waals surface area contributed by atoms with Crippen LogP contribution in [-0.2, 0) is 4.79 Å². The summed E-state index contributed by atoms with van der Waals surface area (Å²) >= 11 is 0. The van der Waals surface area contributed by atoms with Gasteiger partial charge in [0.2, 0.25) is 0 Å². The molecule has 1 heteroatoms. The average Bonchev–Trinajstić information content (AvgIpc) is 2.68. The van der Waals surface area contributed by atoms with Crippen LogP contribution in [0.25, 0.3) is 0 Å². The first-order valence-electron chi connectivity index (χ1n) is 6.25. The fraction of sp³-hybridized carbons (Fsp3) is 0.786. The highest BCUT2D eigenvalue weighted by Crippen LogP contribution is 2.66. The number of fused-ring (bicyclic) bond motifs is 3. The number of ketones is 1. The minimum absolute atomic E-state index is 0.202. The molecule has 2 bridgehead atoms. The molecular formula is C14H20O. The highest BCUT2D eigenvalue weighted by Gasteiger charge is 2.60. The van der Waals surface area contributed by atoms with E-state index in [4.69, 9.17) is 0 Å². The van der Waals surface area contributed by atoms with Crippen LogP contribution >= 0.6 is 0 Å². The first-order chi connectivity index (χ1) is 6.98. The molecule has 3 aliphatic rings. The number of hydrogen-bond donors (Lipinski definition) is 0. The van der Waals surface area contributed by atoms with Gasteiger partial charge in [-0.15, -0.1) is 0 Å². The Bertz CT molecular complexity index is 375. The fourth-order valence-corrected chi connectivity index (χ4v) is 4.33. The molecule has 2 atom stereocenters. The molecule has 0 radical (unpaired) electrons. The van der Waals surface area contributed by atoms with E-state index in [9.17, 15) is 4.79 Å². The largest absolute Gasteiger partial charge is 0.294 e. The summed E-state index contributed by atoms with van der Waals surface area (Å²) in [6.45, 7) is 7.02. The molecule has 82 valence electrons. The Kier molecular flexibility index (Phi) is 1.64. The molecule has 0 aliphatic heterocycles. The molecule has 0 spiro atoms. The van der Waals surface area contributed by atoms with Crippen LogP contribution in [0.2, 0.25) is 0 Å². The van der Waals surface area contributed by atoms with E-state index >= 15 is 0 Å². The minimum atomic E-state index is 0.202. The zero-order valence-corrected chi connectivity index (χ0v) is 10.0. The van der Waals surface area contributed by atoms with Crippen molar-refractivity contribution in [2.24, 2.45) is 16.7 Å². The summed E-state index contributed by atoms with van der Waals surface area (Å²) in [4.78, 5) is 12.4. The SMILES string of the molecule is CC12CCC(C(=O)C3=C1CCC3)C2(C)C. The number of carbonyl (C=O) groups excluding carboxylic acids is 1. The molecule has 0 aromatic carbocycles. The number of Topliss-reactive ketones (excluding diaryl/α,β-unsaturated/α-hetero) is 1. The van der Waals surface area contributed by atoms with E-state index in [0.29, 0.717) is 17.1 Å². The average molecular weight is 204 g/mol. The van der Waals surface area contributed by atoms with Gasteiger partial charge >= 0.3 is 0 Å². The van der Waals surface area contributed by atoms with Crippen LogP contribution < -0.4 is 0 Å². The van der Waals surface area contributed by atoms with E-state index in [1.165, 1.54) is 30.4 Å². The van der Waals surface area contributed by atoms with Crippen molar-refractivity contribution >= 4 is 5.78 Å². The molecule has 0 N–H and O–H groups in total. The summed E-state index contributed by atoms with van der Waals surface area (Å²) in [6, 6.07) is 0. The Balaban J connectivity index is 2.23. The monoisotopic (exact) mass is 204 g/mol. The number of hydrogen-bond acceptors (Lipinski definition) is 1. The Morgan fingerprint density at radius 3 is 2.67 bits per heavy atom. The third-order valence-electron chi connectivity index (χ3n) is 5.72. The number of rotatable bonds is 0. The normalized spacial score (nSPS) is 42.3. The van der Waals surface area contributed by atoms with E-state index in [1.807, 2.05) is 0 Å². The third kappa shape index (κ3) is 0.885. The van der Waals surface area contributed by atoms with Gasteiger partial charge in [-0.25, -0.2) is 0 Å². The van der Waals surface area contributed by atoms with Gasteiger partial charge in [0.15, 0.2) is 5.78 Å². The van der Waals surface area contributed by atoms with Crippen molar-refractivity contribution < 1.29 is 4.79 Å². The maximum atomic E-state index is 12.4. The standard InChI is InChI=1S/C14H20O/c1-13(2)11-7-8-14(13,3)10-6-4-5-9(10)12(11)15/h11H,4-8H2,1-3H3. The molecule has 0 aromatic heterocycles. The quantitative estimate of drug-likeness (QED) is 0.590. The van der Waals surface area contributed by atoms with Gasteiger partial charge in [0, 0.05) is 5.92 Å². The molecule has 3 rings (SSSR count). The van der Waals surface area contributed by atoms with Gasteiger partial charge in [-0.2, -0.15) is 0 Å². The molecule has 1 fully saturated rings. The van der Waals surface area contributed by atoms with Crippen LogP contribution in [0.5, 0.6) is 0 Å². The van der Waals surface area contributed by atoms with Crippen LogP contribution in [0.4, 0.5) is 0 Å². The second kappa shape index (κ2) is 2.56. The van der Waals surface area contributed by atoms with Gasteiger partial charge in [-0.3, -0.25) is 4.79 Å². The van der Waals surface area contributed by atoms with E-state index in [0.717, 1.165) is 12.8 Å². The summed E-state index contributed by atoms with van der Waals surface area (Å²) < 4.78 is 0. The lowest BCUT2D eigenvalue weighted by atomic mass is 9.57. The first-order valence-corrected chi connectivity index (χ1v) is 6.25. The zero-order valence-electron chi connectivity index (χ0n) is 10.0. The fourth-order valence-electron chi connectivity index (χ4n) is 4.33. The van der Waals surface area contributed by atoms with E-state index in [2.05, 4.69) is 20.8 Å². The van der Waals surface area contributed by atoms with Gasteiger partial charge in [0.05, 0.1) is 0 Å². The minimum Gasteiger partial charge on any atom is -0.294 e. The molecule has 1 nitrogen and oxygen atoms in total. The van der Waals surface area contributed by atoms with Gasteiger partial charge in [-0.05, 0) is 48.5 Å². The predicted octanol–water partition coefficient (Wildman–Crippen LogP) is 3.49. The Hall–Kier alpha value is -0.590. The van der Waals surface area contributed by atoms with E-state index in [-0.39, 0.29) is 5.41 Å². The van der Waals surface area contributed by atoms with Crippen LogP contribution in [0.15, 0.2) is 11.1 Å². The number of carbonyl (C=O) groups is 1. The summed E-state index contributed by atoms with van der Waals surface area (Å²) in [7, 11) is 0. The molecule has 3 aliphatic carbocycles. The molecule has 0 aromatic rings. The van der Waals surface area contributed by atoms with Gasteiger partial charge in [-0.1, -0.05) is 26.3 Å². The third-order valence-corrected chi connectivity index (χ3v) is 5.72. The van der Waals surface area contributed by atoms with E-state index in [1.54, 1.807) is 0 Å². The van der Waals surface area contributed by atoms with Crippen molar-refractivity contribution in [2.75, 3.05) is 0 Å². The van der Waals surface area contributed by atoms with Crippen LogP contribution in [-0.4, -0.2) is 5.78 Å². The highest BCUT2D eigenvalue weighted by molar-refractivity contribution is 6.01. The van der Waals surface area contributed by atoms with Gasteiger partial charge in [0.25, 0.3) is 0 Å². The van der Waals surface area contributed by atoms with Gasteiger partial charge in [0.1, 0.15) is 0 Å². The lowest BCUT2D eigenvalue weighted by Gasteiger charge is -2.46. The summed E-state index contributed by atoms with van der Waals surface area (Å²) in [5.74, 6) is 0.821. The maximum absolute atomic E-state index is 12.4. The number of allylic oxidation sites excluding steroid dienone is 2. The molecule has 15 heavy (non-hydrogen) atoms. The van der Waals surface area contributed by atoms with Crippen molar-refractivity contribution in [3.05, 3.63) is 11.1 Å². The molecule has 1 saturated carbocycles. The van der Waals surface area contributed by atoms with Crippen LogP contribution in [0.3, 0.4) is 0 Å². The lowest BCUT2D eigenvalue weighted by Crippen LogP contribution is -2.43. The summed E-state index contributed by atoms with van der Waals surface area (Å²) in [6.07, 6.45) is 5.82. The second-order valence-corrected chi connectivity index (χ2v) is 6.32. The lowest BCUT2D eigenvalue weighted by molar-refractivity contribution is -0.124.